The van der Waals surface area contributed by atoms with Crippen LogP contribution in [0.5, 0.6) is 0 Å². The molecule has 0 radical (unpaired) electrons. The largest absolute Gasteiger partial charge is 0.468 e. The van der Waals surface area contributed by atoms with E-state index in [-0.39, 0.29) is 5.02 Å². The van der Waals surface area contributed by atoms with E-state index in [1.807, 2.05) is 0 Å². The average Bonchev–Trinajstić information content (AvgIpc) is 2.55. The number of halogens is 2. The number of hydrogen-bond acceptors (Lipinski definition) is 4. The van der Waals surface area contributed by atoms with E-state index in [1.165, 1.54) is 0 Å². The lowest BCUT2D eigenvalue weighted by molar-refractivity contribution is -0.142. The maximum absolute atomic E-state index is 13.3. The molecular weight excluding hydrogens is 345 g/mol. The Morgan fingerprint density at radius 2 is 1.87 bits per heavy atom. The topological polar surface area (TPSA) is 72.5 Å². The molecule has 5 nitrogen and oxygen atoms in total. The zero-order valence-corrected chi connectivity index (χ0v) is 13.6. The number of rotatable bonds is 5. The van der Waals surface area contributed by atoms with E-state index < -0.39 is 32.7 Å². The first-order chi connectivity index (χ1) is 10.8. The zero-order valence-electron chi connectivity index (χ0n) is 12.0. The third kappa shape index (κ3) is 4.07. The number of nitrogens with one attached hydrogen (secondary N) is 1. The summed E-state index contributed by atoms with van der Waals surface area (Å²) in [5.41, 5.74) is 0.385. The van der Waals surface area contributed by atoms with Crippen molar-refractivity contribution < 1.29 is 22.3 Å². The number of ether oxygens (including phenoxy) is 1. The Balaban J connectivity index is 2.43. The van der Waals surface area contributed by atoms with Crippen LogP contribution in [0.2, 0.25) is 5.02 Å². The lowest BCUT2D eigenvalue weighted by Crippen LogP contribution is -2.34. The van der Waals surface area contributed by atoms with Crippen molar-refractivity contribution in [1.29, 1.82) is 0 Å². The van der Waals surface area contributed by atoms with Gasteiger partial charge in [-0.05, 0) is 23.8 Å². The van der Waals surface area contributed by atoms with Crippen LogP contribution in [-0.2, 0) is 19.6 Å². The molecule has 0 heterocycles. The van der Waals surface area contributed by atoms with Crippen molar-refractivity contribution in [3.63, 3.8) is 0 Å². The molecule has 2 aromatic rings. The van der Waals surface area contributed by atoms with Gasteiger partial charge >= 0.3 is 5.97 Å². The third-order valence-electron chi connectivity index (χ3n) is 3.03. The van der Waals surface area contributed by atoms with E-state index in [9.17, 15) is 17.6 Å². The highest BCUT2D eigenvalue weighted by atomic mass is 35.5. The van der Waals surface area contributed by atoms with Gasteiger partial charge in [-0.3, -0.25) is 0 Å². The van der Waals surface area contributed by atoms with Gasteiger partial charge in [0.15, 0.2) is 0 Å². The van der Waals surface area contributed by atoms with Crippen molar-refractivity contribution in [1.82, 2.24) is 4.72 Å². The molecule has 0 aliphatic rings. The monoisotopic (exact) mass is 357 g/mol. The molecule has 0 aromatic heterocycles. The van der Waals surface area contributed by atoms with Gasteiger partial charge < -0.3 is 4.74 Å². The highest BCUT2D eigenvalue weighted by molar-refractivity contribution is 7.89. The number of hydrogen-bond donors (Lipinski definition) is 1. The van der Waals surface area contributed by atoms with Crippen LogP contribution < -0.4 is 4.72 Å². The number of carbonyl (C=O) groups is 1. The summed E-state index contributed by atoms with van der Waals surface area (Å²) in [6.07, 6.45) is 0. The second-order valence-corrected chi connectivity index (χ2v) is 6.65. The first-order valence-corrected chi connectivity index (χ1v) is 8.31. The molecule has 122 valence electrons. The number of methoxy groups -OCH3 is 1. The van der Waals surface area contributed by atoms with Crippen LogP contribution in [0.25, 0.3) is 0 Å². The molecule has 0 amide bonds. The van der Waals surface area contributed by atoms with Gasteiger partial charge in [0, 0.05) is 0 Å². The Hall–Kier alpha value is -1.96. The van der Waals surface area contributed by atoms with Crippen molar-refractivity contribution in [2.75, 3.05) is 7.11 Å². The molecule has 2 aromatic carbocycles. The lowest BCUT2D eigenvalue weighted by Gasteiger charge is -2.17. The minimum atomic E-state index is -4.24. The van der Waals surface area contributed by atoms with Gasteiger partial charge in [0.2, 0.25) is 10.0 Å². The summed E-state index contributed by atoms with van der Waals surface area (Å²) in [6, 6.07) is 9.82. The van der Waals surface area contributed by atoms with Crippen LogP contribution in [0.4, 0.5) is 4.39 Å². The molecule has 0 saturated heterocycles. The molecule has 0 spiro atoms. The molecule has 0 aliphatic heterocycles. The highest BCUT2D eigenvalue weighted by Crippen LogP contribution is 2.25. The number of benzene rings is 2. The molecular formula is C15H13ClFNO4S. The van der Waals surface area contributed by atoms with Gasteiger partial charge in [-0.25, -0.2) is 17.6 Å². The van der Waals surface area contributed by atoms with Gasteiger partial charge in [0.1, 0.15) is 16.8 Å². The predicted molar refractivity (Wildman–Crippen MR) is 82.9 cm³/mol. The Morgan fingerprint density at radius 1 is 1.22 bits per heavy atom. The van der Waals surface area contributed by atoms with Crippen molar-refractivity contribution in [3.8, 4) is 0 Å². The average molecular weight is 358 g/mol. The van der Waals surface area contributed by atoms with Crippen molar-refractivity contribution in [2.45, 2.75) is 10.9 Å². The van der Waals surface area contributed by atoms with Crippen molar-refractivity contribution >= 4 is 27.6 Å². The van der Waals surface area contributed by atoms with Gasteiger partial charge in [0.25, 0.3) is 0 Å². The van der Waals surface area contributed by atoms with Crippen LogP contribution in [0, 0.1) is 5.82 Å². The first kappa shape index (κ1) is 17.4. The Bertz CT molecular complexity index is 811. The van der Waals surface area contributed by atoms with E-state index in [0.29, 0.717) is 5.56 Å². The van der Waals surface area contributed by atoms with E-state index in [2.05, 4.69) is 9.46 Å². The smallest absolute Gasteiger partial charge is 0.328 e. The summed E-state index contributed by atoms with van der Waals surface area (Å²) in [6.45, 7) is 0. The van der Waals surface area contributed by atoms with E-state index in [0.717, 1.165) is 25.3 Å². The third-order valence-corrected chi connectivity index (χ3v) is 4.93. The van der Waals surface area contributed by atoms with Crippen molar-refractivity contribution in [3.05, 3.63) is 64.9 Å². The van der Waals surface area contributed by atoms with Crippen LogP contribution in [0.15, 0.2) is 53.4 Å². The highest BCUT2D eigenvalue weighted by Gasteiger charge is 2.29. The van der Waals surface area contributed by atoms with E-state index in [1.54, 1.807) is 30.3 Å². The maximum Gasteiger partial charge on any atom is 0.328 e. The molecule has 2 rings (SSSR count). The molecule has 1 atom stereocenters. The second-order valence-electron chi connectivity index (χ2n) is 4.56. The fourth-order valence-corrected chi connectivity index (χ4v) is 3.60. The normalized spacial score (nSPS) is 12.7. The standard InChI is InChI=1S/C15H13ClFNO4S/c1-22-15(19)14(10-5-3-2-4-6-10)18-23(20,21)13-9-11(17)7-8-12(13)16/h2-9,14,18H,1H3. The number of esters is 1. The Kier molecular flexibility index (Phi) is 5.35. The van der Waals surface area contributed by atoms with Crippen molar-refractivity contribution in [2.24, 2.45) is 0 Å². The molecule has 8 heteroatoms. The maximum atomic E-state index is 13.3. The van der Waals surface area contributed by atoms with E-state index in [4.69, 9.17) is 11.6 Å². The summed E-state index contributed by atoms with van der Waals surface area (Å²) in [7, 11) is -3.10. The van der Waals surface area contributed by atoms with Crippen LogP contribution in [-0.4, -0.2) is 21.5 Å². The summed E-state index contributed by atoms with van der Waals surface area (Å²) >= 11 is 5.82. The number of sulfonamides is 1. The SMILES string of the molecule is COC(=O)C(NS(=O)(=O)c1cc(F)ccc1Cl)c1ccccc1. The minimum absolute atomic E-state index is 0.157. The van der Waals surface area contributed by atoms with Gasteiger partial charge in [-0.15, -0.1) is 0 Å². The summed E-state index contributed by atoms with van der Waals surface area (Å²) in [5.74, 6) is -1.56. The van der Waals surface area contributed by atoms with Crippen LogP contribution >= 0.6 is 11.6 Å². The Morgan fingerprint density at radius 3 is 2.48 bits per heavy atom. The molecule has 23 heavy (non-hydrogen) atoms. The molecule has 0 fully saturated rings. The quantitative estimate of drug-likeness (QED) is 0.835. The molecule has 0 aliphatic carbocycles. The fraction of sp³-hybridized carbons (Fsp3) is 0.133. The van der Waals surface area contributed by atoms with E-state index >= 15 is 0 Å². The van der Waals surface area contributed by atoms with Gasteiger partial charge in [0.05, 0.1) is 12.1 Å². The van der Waals surface area contributed by atoms with Crippen LogP contribution in [0.1, 0.15) is 11.6 Å². The molecule has 1 unspecified atom stereocenters. The fourth-order valence-electron chi connectivity index (χ4n) is 1.92. The lowest BCUT2D eigenvalue weighted by atomic mass is 10.1. The molecule has 0 bridgehead atoms. The molecule has 1 N–H and O–H groups in total. The van der Waals surface area contributed by atoms with Gasteiger partial charge in [-0.1, -0.05) is 41.9 Å². The summed E-state index contributed by atoms with van der Waals surface area (Å²) < 4.78 is 45.0. The molecule has 0 saturated carbocycles. The minimum Gasteiger partial charge on any atom is -0.468 e. The second kappa shape index (κ2) is 7.08. The zero-order chi connectivity index (χ0) is 17.0. The van der Waals surface area contributed by atoms with Crippen LogP contribution in [0.3, 0.4) is 0 Å². The predicted octanol–water partition coefficient (Wildman–Crippen LogP) is 2.67. The Labute approximate surface area is 138 Å². The summed E-state index contributed by atoms with van der Waals surface area (Å²) in [5, 5.41) is -0.157. The van der Waals surface area contributed by atoms with Gasteiger partial charge in [-0.2, -0.15) is 4.72 Å². The number of carbonyl (C=O) groups excluding carboxylic acids is 1. The first-order valence-electron chi connectivity index (χ1n) is 6.45. The summed E-state index contributed by atoms with van der Waals surface area (Å²) in [4.78, 5) is 11.5.